The molecule has 0 spiro atoms. The molecule has 2 heterocycles. The van der Waals surface area contributed by atoms with Gasteiger partial charge in [-0.05, 0) is 40.2 Å². The molecule has 0 aliphatic rings. The van der Waals surface area contributed by atoms with Gasteiger partial charge in [0.05, 0.1) is 15.7 Å². The molecule has 0 unspecified atom stereocenters. The molecule has 0 aliphatic carbocycles. The van der Waals surface area contributed by atoms with Crippen molar-refractivity contribution in [2.75, 3.05) is 0 Å². The Hall–Kier alpha value is -1.94. The molecule has 3 aromatic rings. The number of pyridine rings is 1. The maximum absolute atomic E-state index is 12.0. The first-order valence-electron chi connectivity index (χ1n) is 5.39. The Morgan fingerprint density at radius 2 is 2.00 bits per heavy atom. The zero-order chi connectivity index (χ0) is 12.5. The summed E-state index contributed by atoms with van der Waals surface area (Å²) < 4.78 is 6.10. The summed E-state index contributed by atoms with van der Waals surface area (Å²) >= 11 is 3.36. The summed E-state index contributed by atoms with van der Waals surface area (Å²) in [4.78, 5) is 16.1. The predicted molar refractivity (Wildman–Crippen MR) is 73.4 cm³/mol. The zero-order valence-corrected chi connectivity index (χ0v) is 10.8. The molecule has 18 heavy (non-hydrogen) atoms. The lowest BCUT2D eigenvalue weighted by atomic mass is 10.1. The second-order valence-corrected chi connectivity index (χ2v) is 4.68. The van der Waals surface area contributed by atoms with Crippen LogP contribution in [0.3, 0.4) is 0 Å². The van der Waals surface area contributed by atoms with E-state index in [2.05, 4.69) is 20.9 Å². The molecule has 0 amide bonds. The molecule has 0 fully saturated rings. The largest absolute Gasteiger partial charge is 0.421 e. The monoisotopic (exact) mass is 301 g/mol. The van der Waals surface area contributed by atoms with Crippen LogP contribution in [0.1, 0.15) is 0 Å². The molecule has 0 N–H and O–H groups in total. The van der Waals surface area contributed by atoms with Gasteiger partial charge in [0.15, 0.2) is 5.58 Å². The molecule has 2 aromatic heterocycles. The summed E-state index contributed by atoms with van der Waals surface area (Å²) in [6, 6.07) is 12.9. The van der Waals surface area contributed by atoms with Gasteiger partial charge in [0.25, 0.3) is 0 Å². The number of nitrogens with zero attached hydrogens (tertiary/aromatic N) is 1. The summed E-state index contributed by atoms with van der Waals surface area (Å²) in [7, 11) is 0. The number of halogens is 1. The third kappa shape index (κ3) is 1.84. The van der Waals surface area contributed by atoms with Crippen LogP contribution >= 0.6 is 15.9 Å². The maximum atomic E-state index is 12.0. The van der Waals surface area contributed by atoms with E-state index in [1.54, 1.807) is 18.3 Å². The van der Waals surface area contributed by atoms with Gasteiger partial charge in [-0.15, -0.1) is 0 Å². The van der Waals surface area contributed by atoms with Gasteiger partial charge in [0.2, 0.25) is 0 Å². The Balaban J connectivity index is 2.33. The SMILES string of the molecule is O=c1oc2c(Br)cccc2cc1-c1ccccn1. The Morgan fingerprint density at radius 3 is 2.78 bits per heavy atom. The molecule has 0 bridgehead atoms. The van der Waals surface area contributed by atoms with Crippen molar-refractivity contribution in [1.82, 2.24) is 4.98 Å². The van der Waals surface area contributed by atoms with E-state index < -0.39 is 0 Å². The van der Waals surface area contributed by atoms with E-state index in [1.165, 1.54) is 0 Å². The van der Waals surface area contributed by atoms with E-state index in [0.717, 1.165) is 9.86 Å². The second-order valence-electron chi connectivity index (χ2n) is 3.82. The van der Waals surface area contributed by atoms with Crippen LogP contribution in [0, 0.1) is 0 Å². The van der Waals surface area contributed by atoms with Gasteiger partial charge < -0.3 is 4.42 Å². The van der Waals surface area contributed by atoms with Crippen molar-refractivity contribution in [2.24, 2.45) is 0 Å². The highest BCUT2D eigenvalue weighted by Crippen LogP contribution is 2.25. The number of aromatic nitrogens is 1. The minimum absolute atomic E-state index is 0.381. The van der Waals surface area contributed by atoms with Gasteiger partial charge in [0.1, 0.15) is 0 Å². The number of hydrogen-bond acceptors (Lipinski definition) is 3. The lowest BCUT2D eigenvalue weighted by Gasteiger charge is -2.02. The highest BCUT2D eigenvalue weighted by atomic mass is 79.9. The fourth-order valence-corrected chi connectivity index (χ4v) is 2.27. The number of rotatable bonds is 1. The van der Waals surface area contributed by atoms with Crippen molar-refractivity contribution < 1.29 is 4.42 Å². The summed E-state index contributed by atoms with van der Waals surface area (Å²) in [5, 5.41) is 0.865. The molecule has 0 atom stereocenters. The van der Waals surface area contributed by atoms with E-state index in [9.17, 15) is 4.79 Å². The predicted octanol–water partition coefficient (Wildman–Crippen LogP) is 3.62. The molecule has 3 nitrogen and oxygen atoms in total. The van der Waals surface area contributed by atoms with Crippen LogP contribution in [-0.2, 0) is 0 Å². The number of fused-ring (bicyclic) bond motifs is 1. The Bertz CT molecular complexity index is 766. The van der Waals surface area contributed by atoms with Gasteiger partial charge in [-0.2, -0.15) is 0 Å². The van der Waals surface area contributed by atoms with Gasteiger partial charge in [-0.3, -0.25) is 4.98 Å². The normalized spacial score (nSPS) is 10.7. The van der Waals surface area contributed by atoms with Crippen LogP contribution in [0.5, 0.6) is 0 Å². The highest BCUT2D eigenvalue weighted by molar-refractivity contribution is 9.10. The van der Waals surface area contributed by atoms with Gasteiger partial charge in [-0.25, -0.2) is 4.79 Å². The summed E-state index contributed by atoms with van der Waals surface area (Å²) in [6.07, 6.45) is 1.65. The Morgan fingerprint density at radius 1 is 1.11 bits per heavy atom. The van der Waals surface area contributed by atoms with Crippen LogP contribution in [0.25, 0.3) is 22.2 Å². The molecule has 1 aromatic carbocycles. The first kappa shape index (κ1) is 11.2. The summed E-state index contributed by atoms with van der Waals surface area (Å²) in [5.41, 5.74) is 1.27. The van der Waals surface area contributed by atoms with Crippen molar-refractivity contribution in [3.8, 4) is 11.3 Å². The Labute approximate surface area is 111 Å². The summed E-state index contributed by atoms with van der Waals surface area (Å²) in [6.45, 7) is 0. The van der Waals surface area contributed by atoms with Crippen LogP contribution in [0.2, 0.25) is 0 Å². The minimum Gasteiger partial charge on any atom is -0.421 e. The number of hydrogen-bond donors (Lipinski definition) is 0. The van der Waals surface area contributed by atoms with E-state index >= 15 is 0 Å². The van der Waals surface area contributed by atoms with E-state index in [-0.39, 0.29) is 5.63 Å². The molecule has 0 radical (unpaired) electrons. The van der Waals surface area contributed by atoms with Crippen LogP contribution in [0.15, 0.2) is 62.3 Å². The quantitative estimate of drug-likeness (QED) is 0.645. The third-order valence-electron chi connectivity index (χ3n) is 2.65. The van der Waals surface area contributed by atoms with Crippen molar-refractivity contribution >= 4 is 26.9 Å². The van der Waals surface area contributed by atoms with Crippen molar-refractivity contribution in [3.63, 3.8) is 0 Å². The van der Waals surface area contributed by atoms with Crippen LogP contribution in [0.4, 0.5) is 0 Å². The van der Waals surface area contributed by atoms with Crippen LogP contribution in [-0.4, -0.2) is 4.98 Å². The van der Waals surface area contributed by atoms with Gasteiger partial charge >= 0.3 is 5.63 Å². The standard InChI is InChI=1S/C14H8BrNO2/c15-11-5-3-4-9-8-10(14(17)18-13(9)11)12-6-1-2-7-16-12/h1-8H. The molecule has 0 saturated heterocycles. The van der Waals surface area contributed by atoms with Crippen molar-refractivity contribution in [3.05, 3.63) is 63.6 Å². The minimum atomic E-state index is -0.381. The summed E-state index contributed by atoms with van der Waals surface area (Å²) in [5.74, 6) is 0. The molecule has 0 saturated carbocycles. The fraction of sp³-hybridized carbons (Fsp3) is 0. The van der Waals surface area contributed by atoms with Gasteiger partial charge in [-0.1, -0.05) is 18.2 Å². The van der Waals surface area contributed by atoms with E-state index in [0.29, 0.717) is 16.8 Å². The molecule has 3 rings (SSSR count). The molecular weight excluding hydrogens is 294 g/mol. The van der Waals surface area contributed by atoms with Crippen molar-refractivity contribution in [2.45, 2.75) is 0 Å². The average Bonchev–Trinajstić information content (AvgIpc) is 2.40. The first-order chi connectivity index (χ1) is 8.75. The second kappa shape index (κ2) is 4.38. The highest BCUT2D eigenvalue weighted by Gasteiger charge is 2.09. The fourth-order valence-electron chi connectivity index (χ4n) is 1.81. The topological polar surface area (TPSA) is 43.1 Å². The smallest absolute Gasteiger partial charge is 0.345 e. The number of benzene rings is 1. The van der Waals surface area contributed by atoms with Crippen molar-refractivity contribution in [1.29, 1.82) is 0 Å². The molecule has 4 heteroatoms. The van der Waals surface area contributed by atoms with E-state index in [1.807, 2.05) is 30.3 Å². The number of para-hydroxylation sites is 1. The first-order valence-corrected chi connectivity index (χ1v) is 6.19. The lowest BCUT2D eigenvalue weighted by molar-refractivity contribution is 0.561. The lowest BCUT2D eigenvalue weighted by Crippen LogP contribution is -2.03. The van der Waals surface area contributed by atoms with Crippen LogP contribution < -0.4 is 5.63 Å². The maximum Gasteiger partial charge on any atom is 0.345 e. The van der Waals surface area contributed by atoms with Gasteiger partial charge in [0, 0.05) is 11.6 Å². The Kier molecular flexibility index (Phi) is 2.72. The zero-order valence-electron chi connectivity index (χ0n) is 9.26. The molecule has 88 valence electrons. The van der Waals surface area contributed by atoms with E-state index in [4.69, 9.17) is 4.42 Å². The molecular formula is C14H8BrNO2. The third-order valence-corrected chi connectivity index (χ3v) is 3.28. The average molecular weight is 302 g/mol. The molecule has 0 aliphatic heterocycles.